The zero-order chi connectivity index (χ0) is 14.5. The van der Waals surface area contributed by atoms with Crippen LogP contribution >= 0.6 is 0 Å². The van der Waals surface area contributed by atoms with Gasteiger partial charge in [-0.25, -0.2) is 9.18 Å². The highest BCUT2D eigenvalue weighted by Gasteiger charge is 2.12. The number of carbonyl (C=O) groups is 1. The molecule has 5 nitrogen and oxygen atoms in total. The topological polar surface area (TPSA) is 83.2 Å². The molecule has 0 aliphatic heterocycles. The molecule has 0 unspecified atom stereocenters. The molecule has 1 aromatic heterocycles. The molecule has 0 bridgehead atoms. The third-order valence-corrected chi connectivity index (χ3v) is 2.59. The van der Waals surface area contributed by atoms with Gasteiger partial charge in [-0.1, -0.05) is 6.07 Å². The van der Waals surface area contributed by atoms with E-state index in [1.165, 1.54) is 30.6 Å². The van der Waals surface area contributed by atoms with E-state index in [2.05, 4.69) is 4.98 Å². The molecule has 1 heterocycles. The standard InChI is InChI=1S/C14H9FN2O3/c15-11-2-1-9(10(5-11)6-16)8-20-13-7-17-4-3-12(13)14(18)19/h1-5,7H,8H2,(H,18,19). The van der Waals surface area contributed by atoms with E-state index in [0.717, 1.165) is 6.07 Å². The Balaban J connectivity index is 2.22. The number of carboxylic acids is 1. The predicted octanol–water partition coefficient (Wildman–Crippen LogP) is 2.37. The third-order valence-electron chi connectivity index (χ3n) is 2.59. The van der Waals surface area contributed by atoms with Crippen molar-refractivity contribution in [3.05, 3.63) is 59.2 Å². The lowest BCUT2D eigenvalue weighted by molar-refractivity contribution is 0.0691. The molecular formula is C14H9FN2O3. The molecule has 0 amide bonds. The van der Waals surface area contributed by atoms with E-state index in [1.54, 1.807) is 0 Å². The van der Waals surface area contributed by atoms with Crippen molar-refractivity contribution in [3.8, 4) is 11.8 Å². The van der Waals surface area contributed by atoms with E-state index >= 15 is 0 Å². The number of halogens is 1. The number of ether oxygens (including phenoxy) is 1. The first-order valence-corrected chi connectivity index (χ1v) is 5.60. The van der Waals surface area contributed by atoms with Crippen molar-refractivity contribution in [2.75, 3.05) is 0 Å². The Labute approximate surface area is 113 Å². The number of benzene rings is 1. The number of nitrogens with zero attached hydrogens (tertiary/aromatic N) is 2. The van der Waals surface area contributed by atoms with Gasteiger partial charge in [0.25, 0.3) is 0 Å². The fourth-order valence-corrected chi connectivity index (χ4v) is 1.61. The summed E-state index contributed by atoms with van der Waals surface area (Å²) in [6, 6.07) is 6.90. The maximum absolute atomic E-state index is 13.0. The molecule has 2 rings (SSSR count). The van der Waals surface area contributed by atoms with Gasteiger partial charge in [-0.15, -0.1) is 0 Å². The summed E-state index contributed by atoms with van der Waals surface area (Å²) in [4.78, 5) is 14.8. The zero-order valence-corrected chi connectivity index (χ0v) is 10.2. The molecule has 0 aliphatic carbocycles. The summed E-state index contributed by atoms with van der Waals surface area (Å²) in [7, 11) is 0. The van der Waals surface area contributed by atoms with Crippen molar-refractivity contribution in [1.82, 2.24) is 4.98 Å². The summed E-state index contributed by atoms with van der Waals surface area (Å²) in [5, 5.41) is 17.9. The third kappa shape index (κ3) is 2.90. The van der Waals surface area contributed by atoms with E-state index in [-0.39, 0.29) is 23.5 Å². The average molecular weight is 272 g/mol. The van der Waals surface area contributed by atoms with Gasteiger partial charge in [0.05, 0.1) is 17.8 Å². The minimum Gasteiger partial charge on any atom is -0.486 e. The molecule has 0 radical (unpaired) electrons. The Kier molecular flexibility index (Phi) is 3.91. The molecule has 6 heteroatoms. The largest absolute Gasteiger partial charge is 0.486 e. The number of hydrogen-bond acceptors (Lipinski definition) is 4. The summed E-state index contributed by atoms with van der Waals surface area (Å²) in [6.45, 7) is -0.0465. The van der Waals surface area contributed by atoms with Gasteiger partial charge in [0, 0.05) is 11.8 Å². The number of aromatic nitrogens is 1. The number of rotatable bonds is 4. The molecule has 0 spiro atoms. The summed E-state index contributed by atoms with van der Waals surface area (Å²) in [5.74, 6) is -1.56. The van der Waals surface area contributed by atoms with Crippen molar-refractivity contribution in [2.45, 2.75) is 6.61 Å². The van der Waals surface area contributed by atoms with Crippen LogP contribution in [0.4, 0.5) is 4.39 Å². The van der Waals surface area contributed by atoms with E-state index < -0.39 is 11.8 Å². The number of nitriles is 1. The van der Waals surface area contributed by atoms with Crippen molar-refractivity contribution in [1.29, 1.82) is 5.26 Å². The van der Waals surface area contributed by atoms with Crippen LogP contribution in [0.1, 0.15) is 21.5 Å². The van der Waals surface area contributed by atoms with Crippen LogP contribution in [-0.2, 0) is 6.61 Å². The number of pyridine rings is 1. The van der Waals surface area contributed by atoms with Crippen LogP contribution in [0.5, 0.6) is 5.75 Å². The van der Waals surface area contributed by atoms with Gasteiger partial charge in [-0.2, -0.15) is 5.26 Å². The molecule has 2 aromatic rings. The zero-order valence-electron chi connectivity index (χ0n) is 10.2. The van der Waals surface area contributed by atoms with Gasteiger partial charge in [0.2, 0.25) is 0 Å². The second kappa shape index (κ2) is 5.80. The molecule has 0 saturated heterocycles. The van der Waals surface area contributed by atoms with Crippen molar-refractivity contribution in [3.63, 3.8) is 0 Å². The van der Waals surface area contributed by atoms with Crippen molar-refractivity contribution < 1.29 is 19.0 Å². The van der Waals surface area contributed by atoms with Crippen LogP contribution in [0.2, 0.25) is 0 Å². The van der Waals surface area contributed by atoms with Crippen LogP contribution in [0.25, 0.3) is 0 Å². The molecule has 1 aromatic carbocycles. The van der Waals surface area contributed by atoms with Crippen molar-refractivity contribution >= 4 is 5.97 Å². The van der Waals surface area contributed by atoms with Crippen LogP contribution in [-0.4, -0.2) is 16.1 Å². The van der Waals surface area contributed by atoms with Crippen molar-refractivity contribution in [2.24, 2.45) is 0 Å². The van der Waals surface area contributed by atoms with E-state index in [9.17, 15) is 9.18 Å². The highest BCUT2D eigenvalue weighted by Crippen LogP contribution is 2.19. The molecule has 1 N–H and O–H groups in total. The molecule has 0 aliphatic rings. The average Bonchev–Trinajstić information content (AvgIpc) is 2.46. The Morgan fingerprint density at radius 3 is 2.95 bits per heavy atom. The quantitative estimate of drug-likeness (QED) is 0.923. The molecule has 100 valence electrons. The smallest absolute Gasteiger partial charge is 0.339 e. The second-order valence-electron chi connectivity index (χ2n) is 3.88. The molecular weight excluding hydrogens is 263 g/mol. The Morgan fingerprint density at radius 2 is 2.25 bits per heavy atom. The van der Waals surface area contributed by atoms with Crippen LogP contribution in [0, 0.1) is 17.1 Å². The molecule has 0 atom stereocenters. The normalized spacial score (nSPS) is 9.80. The van der Waals surface area contributed by atoms with Gasteiger partial charge < -0.3 is 9.84 Å². The summed E-state index contributed by atoms with van der Waals surface area (Å²) in [5.41, 5.74) is 0.584. The van der Waals surface area contributed by atoms with Crippen LogP contribution in [0.3, 0.4) is 0 Å². The Bertz CT molecular complexity index is 695. The second-order valence-corrected chi connectivity index (χ2v) is 3.88. The van der Waals surface area contributed by atoms with Crippen LogP contribution < -0.4 is 4.74 Å². The maximum atomic E-state index is 13.0. The van der Waals surface area contributed by atoms with E-state index in [1.807, 2.05) is 6.07 Å². The molecule has 0 saturated carbocycles. The lowest BCUT2D eigenvalue weighted by Crippen LogP contribution is -2.05. The SMILES string of the molecule is N#Cc1cc(F)ccc1COc1cnccc1C(=O)O. The first kappa shape index (κ1) is 13.5. The monoisotopic (exact) mass is 272 g/mol. The highest BCUT2D eigenvalue weighted by molar-refractivity contribution is 5.90. The van der Waals surface area contributed by atoms with Crippen LogP contribution in [0.15, 0.2) is 36.7 Å². The lowest BCUT2D eigenvalue weighted by atomic mass is 10.1. The summed E-state index contributed by atoms with van der Waals surface area (Å²) in [6.07, 6.45) is 2.62. The number of hydrogen-bond donors (Lipinski definition) is 1. The van der Waals surface area contributed by atoms with Gasteiger partial charge >= 0.3 is 5.97 Å². The molecule has 0 fully saturated rings. The highest BCUT2D eigenvalue weighted by atomic mass is 19.1. The predicted molar refractivity (Wildman–Crippen MR) is 66.6 cm³/mol. The van der Waals surface area contributed by atoms with Gasteiger partial charge in [-0.05, 0) is 18.2 Å². The number of carboxylic acid groups (broad SMARTS) is 1. The Morgan fingerprint density at radius 1 is 1.45 bits per heavy atom. The lowest BCUT2D eigenvalue weighted by Gasteiger charge is -2.09. The molecule has 20 heavy (non-hydrogen) atoms. The van der Waals surface area contributed by atoms with Gasteiger partial charge in [0.1, 0.15) is 18.0 Å². The minimum absolute atomic E-state index is 0.0272. The summed E-state index contributed by atoms with van der Waals surface area (Å²) >= 11 is 0. The van der Waals surface area contributed by atoms with E-state index in [0.29, 0.717) is 5.56 Å². The summed E-state index contributed by atoms with van der Waals surface area (Å²) < 4.78 is 18.3. The first-order chi connectivity index (χ1) is 9.61. The van der Waals surface area contributed by atoms with Gasteiger partial charge in [0.15, 0.2) is 5.75 Å². The van der Waals surface area contributed by atoms with E-state index in [4.69, 9.17) is 15.1 Å². The number of aromatic carboxylic acids is 1. The van der Waals surface area contributed by atoms with Gasteiger partial charge in [-0.3, -0.25) is 4.98 Å². The fourth-order valence-electron chi connectivity index (χ4n) is 1.61. The maximum Gasteiger partial charge on any atom is 0.339 e. The fraction of sp³-hybridized carbons (Fsp3) is 0.0714. The Hall–Kier alpha value is -2.94. The first-order valence-electron chi connectivity index (χ1n) is 5.60. The minimum atomic E-state index is -1.14.